The van der Waals surface area contributed by atoms with Crippen LogP contribution in [0.2, 0.25) is 0 Å². The molecule has 23 nitrogen and oxygen atoms in total. The number of nitrogens with one attached hydrogen (secondary N) is 2. The molecule has 3 fully saturated rings. The number of amides is 2. The van der Waals surface area contributed by atoms with E-state index < -0.39 is 148 Å². The molecule has 2 amide bonds. The van der Waals surface area contributed by atoms with Gasteiger partial charge in [0.1, 0.15) is 67.1 Å². The van der Waals surface area contributed by atoms with Crippen molar-refractivity contribution in [1.82, 2.24) is 10.6 Å². The van der Waals surface area contributed by atoms with Crippen molar-refractivity contribution in [3.8, 4) is 0 Å². The maximum atomic E-state index is 13.5. The molecule has 0 aromatic carbocycles. The van der Waals surface area contributed by atoms with E-state index in [4.69, 9.17) is 28.4 Å². The van der Waals surface area contributed by atoms with Crippen LogP contribution in [0.4, 0.5) is 0 Å². The Balaban J connectivity index is 1.57. The lowest BCUT2D eigenvalue weighted by atomic mass is 9.88. The average molecular weight is 1340 g/mol. The minimum absolute atomic E-state index is 0.229. The summed E-state index contributed by atoms with van der Waals surface area (Å²) in [6.07, 6.45) is 19.5. The van der Waals surface area contributed by atoms with Crippen LogP contribution < -0.4 is 10.6 Å². The molecule has 18 atom stereocenters. The monoisotopic (exact) mass is 1340 g/mol. The van der Waals surface area contributed by atoms with Gasteiger partial charge in [-0.3, -0.25) is 9.59 Å². The molecular formula is C70H132N2O21. The van der Waals surface area contributed by atoms with Crippen molar-refractivity contribution in [1.29, 1.82) is 0 Å². The number of aliphatic hydroxyl groups excluding tert-OH is 11. The number of rotatable bonds is 57. The molecule has 23 heteroatoms. The first-order valence-electron chi connectivity index (χ1n) is 36.9. The van der Waals surface area contributed by atoms with Crippen molar-refractivity contribution in [3.05, 3.63) is 0 Å². The molecule has 548 valence electrons. The summed E-state index contributed by atoms with van der Waals surface area (Å²) in [5, 5.41) is 136. The highest BCUT2D eigenvalue weighted by Crippen LogP contribution is 2.39. The van der Waals surface area contributed by atoms with E-state index in [9.17, 15) is 75.7 Å². The first-order chi connectivity index (χ1) is 44.9. The number of ether oxygens (including phenoxy) is 6. The Morgan fingerprint density at radius 3 is 1.34 bits per heavy atom. The summed E-state index contributed by atoms with van der Waals surface area (Å²) in [4.78, 5) is 38.6. The highest BCUT2D eigenvalue weighted by Gasteiger charge is 2.60. The molecule has 3 saturated heterocycles. The first-order valence-corrected chi connectivity index (χ1v) is 36.9. The fourth-order valence-corrected chi connectivity index (χ4v) is 13.2. The number of hydrogen-bond acceptors (Lipinski definition) is 20. The first kappa shape index (κ1) is 85.0. The number of aliphatic hydroxyl groups is 11. The second kappa shape index (κ2) is 51.0. The van der Waals surface area contributed by atoms with Crippen molar-refractivity contribution in [2.45, 2.75) is 400 Å². The van der Waals surface area contributed by atoms with Crippen molar-refractivity contribution in [3.63, 3.8) is 0 Å². The zero-order valence-corrected chi connectivity index (χ0v) is 57.4. The lowest BCUT2D eigenvalue weighted by molar-refractivity contribution is -0.386. The molecule has 93 heavy (non-hydrogen) atoms. The SMILES string of the molecule is CCCCCCCCCCCCCCCCCCCCCCC(=O)NC(COC1OC(CO)C(OC2OC(CO)C(O)C(OC3(C(=O)O)CC(O)C(NC(C)=O)C(C(O)C(O)CO)O3)C2O)C(O)C1O)C(O)CCCCCCCCCCCCCCCCCCCCC. The van der Waals surface area contributed by atoms with Gasteiger partial charge >= 0.3 is 5.97 Å². The lowest BCUT2D eigenvalue weighted by Crippen LogP contribution is -2.70. The molecule has 18 unspecified atom stereocenters. The normalized spacial score (nSPS) is 28.0. The van der Waals surface area contributed by atoms with E-state index in [1.165, 1.54) is 193 Å². The van der Waals surface area contributed by atoms with Crippen LogP contribution in [-0.4, -0.2) is 215 Å². The van der Waals surface area contributed by atoms with Gasteiger partial charge < -0.3 is 100 Å². The van der Waals surface area contributed by atoms with Gasteiger partial charge in [0.25, 0.3) is 5.79 Å². The Bertz CT molecular complexity index is 1880. The molecule has 0 saturated carbocycles. The predicted molar refractivity (Wildman–Crippen MR) is 352 cm³/mol. The molecule has 0 bridgehead atoms. The third kappa shape index (κ3) is 33.0. The molecule has 0 spiro atoms. The van der Waals surface area contributed by atoms with Crippen LogP contribution in [0, 0.1) is 0 Å². The summed E-state index contributed by atoms with van der Waals surface area (Å²) in [6.45, 7) is 2.25. The summed E-state index contributed by atoms with van der Waals surface area (Å²) >= 11 is 0. The number of aliphatic carboxylic acids is 1. The Kier molecular flexibility index (Phi) is 46.6. The summed E-state index contributed by atoms with van der Waals surface area (Å²) in [7, 11) is 0. The van der Waals surface area contributed by atoms with Gasteiger partial charge in [0.15, 0.2) is 12.6 Å². The Hall–Kier alpha value is -2.27. The van der Waals surface area contributed by atoms with Crippen LogP contribution in [0.1, 0.15) is 290 Å². The lowest BCUT2D eigenvalue weighted by Gasteiger charge is -2.50. The summed E-state index contributed by atoms with van der Waals surface area (Å²) in [5.41, 5.74) is 0. The number of carbonyl (C=O) groups excluding carboxylic acids is 2. The number of unbranched alkanes of at least 4 members (excludes halogenated alkanes) is 37. The maximum absolute atomic E-state index is 13.5. The topological polar surface area (TPSA) is 373 Å². The molecule has 3 heterocycles. The van der Waals surface area contributed by atoms with Crippen molar-refractivity contribution < 1.29 is 104 Å². The van der Waals surface area contributed by atoms with Crippen LogP contribution in [0.15, 0.2) is 0 Å². The minimum atomic E-state index is -3.08. The second-order valence-electron chi connectivity index (χ2n) is 27.2. The Morgan fingerprint density at radius 1 is 0.516 bits per heavy atom. The summed E-state index contributed by atoms with van der Waals surface area (Å²) < 4.78 is 34.9. The van der Waals surface area contributed by atoms with Gasteiger partial charge in [-0.15, -0.1) is 0 Å². The fraction of sp³-hybridized carbons (Fsp3) is 0.957. The maximum Gasteiger partial charge on any atom is 0.364 e. The third-order valence-electron chi connectivity index (χ3n) is 19.1. The van der Waals surface area contributed by atoms with Crippen LogP contribution in [0.5, 0.6) is 0 Å². The van der Waals surface area contributed by atoms with Crippen LogP contribution >= 0.6 is 0 Å². The van der Waals surface area contributed by atoms with Gasteiger partial charge in [-0.1, -0.05) is 258 Å². The van der Waals surface area contributed by atoms with E-state index in [1.807, 2.05) is 0 Å². The standard InChI is InChI=1S/C70H132N2O21/c1-4-6-8-10-12-14-16-18-20-22-24-26-28-30-32-34-36-38-40-42-44-57(80)72-51(52(77)43-41-39-37-35-33-31-29-27-25-23-21-19-17-15-13-11-9-7-5-2)49-88-67-62(84)61(83)64(56(48-75)90-67)91-68-63(85)66(60(82)55(47-74)89-68)93-70(69(86)87)45-53(78)58(71-50(3)76)65(92-70)59(81)54(79)46-73/h51-56,58-68,73-75,77-79,81-85H,4-49H2,1-3H3,(H,71,76)(H,72,80)(H,86,87). The zero-order chi connectivity index (χ0) is 68.2. The molecule has 0 aliphatic carbocycles. The van der Waals surface area contributed by atoms with Gasteiger partial charge in [0.2, 0.25) is 11.8 Å². The second-order valence-corrected chi connectivity index (χ2v) is 27.2. The van der Waals surface area contributed by atoms with Gasteiger partial charge in [0.05, 0.1) is 50.7 Å². The van der Waals surface area contributed by atoms with E-state index in [0.717, 1.165) is 51.9 Å². The molecule has 0 aromatic rings. The fourth-order valence-electron chi connectivity index (χ4n) is 13.2. The number of carboxylic acid groups (broad SMARTS) is 1. The molecule has 3 rings (SSSR count). The predicted octanol–water partition coefficient (Wildman–Crippen LogP) is 7.68. The quantitative estimate of drug-likeness (QED) is 0.0260. The van der Waals surface area contributed by atoms with Crippen molar-refractivity contribution in [2.24, 2.45) is 0 Å². The highest BCUT2D eigenvalue weighted by molar-refractivity contribution is 5.77. The largest absolute Gasteiger partial charge is 0.477 e. The van der Waals surface area contributed by atoms with E-state index in [1.54, 1.807) is 0 Å². The molecular weight excluding hydrogens is 1200 g/mol. The number of hydrogen-bond donors (Lipinski definition) is 14. The molecule has 14 N–H and O–H groups in total. The van der Waals surface area contributed by atoms with E-state index in [-0.39, 0.29) is 18.9 Å². The Morgan fingerprint density at radius 2 is 0.935 bits per heavy atom. The van der Waals surface area contributed by atoms with Crippen LogP contribution in [-0.2, 0) is 42.8 Å². The number of carbonyl (C=O) groups is 3. The smallest absolute Gasteiger partial charge is 0.364 e. The molecule has 3 aliphatic rings. The zero-order valence-electron chi connectivity index (χ0n) is 57.4. The molecule has 0 aromatic heterocycles. The van der Waals surface area contributed by atoms with Crippen molar-refractivity contribution >= 4 is 17.8 Å². The van der Waals surface area contributed by atoms with Gasteiger partial charge in [-0.05, 0) is 12.8 Å². The highest BCUT2D eigenvalue weighted by atomic mass is 16.8. The Labute approximate surface area is 557 Å². The minimum Gasteiger partial charge on any atom is -0.477 e. The summed E-state index contributed by atoms with van der Waals surface area (Å²) in [6, 6.07) is -2.52. The van der Waals surface area contributed by atoms with Crippen molar-refractivity contribution in [2.75, 3.05) is 26.4 Å². The van der Waals surface area contributed by atoms with Gasteiger partial charge in [-0.25, -0.2) is 4.79 Å². The van der Waals surface area contributed by atoms with E-state index >= 15 is 0 Å². The van der Waals surface area contributed by atoms with Gasteiger partial charge in [-0.2, -0.15) is 0 Å². The summed E-state index contributed by atoms with van der Waals surface area (Å²) in [5.74, 6) is -6.09. The van der Waals surface area contributed by atoms with Crippen LogP contribution in [0.3, 0.4) is 0 Å². The number of carboxylic acids is 1. The van der Waals surface area contributed by atoms with E-state index in [2.05, 4.69) is 24.5 Å². The molecule has 0 radical (unpaired) electrons. The van der Waals surface area contributed by atoms with Gasteiger partial charge in [0, 0.05) is 19.8 Å². The third-order valence-corrected chi connectivity index (χ3v) is 19.1. The average Bonchev–Trinajstić information content (AvgIpc) is 0.791. The van der Waals surface area contributed by atoms with E-state index in [0.29, 0.717) is 19.3 Å². The molecule has 3 aliphatic heterocycles. The van der Waals surface area contributed by atoms with Crippen LogP contribution in [0.25, 0.3) is 0 Å².